The molecule has 0 aliphatic heterocycles. The van der Waals surface area contributed by atoms with E-state index >= 15 is 0 Å². The van der Waals surface area contributed by atoms with Crippen LogP contribution in [-0.2, 0) is 21.8 Å². The van der Waals surface area contributed by atoms with Crippen LogP contribution < -0.4 is 0 Å². The van der Waals surface area contributed by atoms with Crippen LogP contribution in [-0.4, -0.2) is 14.5 Å². The summed E-state index contributed by atoms with van der Waals surface area (Å²) < 4.78 is 2.32. The van der Waals surface area contributed by atoms with Crippen LogP contribution >= 0.6 is 0 Å². The van der Waals surface area contributed by atoms with Crippen LogP contribution in [0, 0.1) is 0 Å². The molecule has 2 aromatic heterocycles. The van der Waals surface area contributed by atoms with Gasteiger partial charge >= 0.3 is 0 Å². The molecule has 0 saturated carbocycles. The molecule has 0 atom stereocenters. The van der Waals surface area contributed by atoms with Crippen molar-refractivity contribution in [2.75, 3.05) is 0 Å². The predicted octanol–water partition coefficient (Wildman–Crippen LogP) is 14.1. The molecule has 8 aromatic carbocycles. The van der Waals surface area contributed by atoms with Gasteiger partial charge in [-0.15, -0.1) is 0 Å². The van der Waals surface area contributed by atoms with E-state index < -0.39 is 16.4 Å². The van der Waals surface area contributed by atoms with Gasteiger partial charge in [0.05, 0.1) is 22.9 Å². The topological polar surface area (TPSA) is 30.7 Å². The number of hydrogen-bond acceptors (Lipinski definition) is 2. The highest BCUT2D eigenvalue weighted by Gasteiger charge is 2.52. The maximum absolute atomic E-state index is 5.37. The van der Waals surface area contributed by atoms with Gasteiger partial charge in [0.1, 0.15) is 5.54 Å². The van der Waals surface area contributed by atoms with Crippen molar-refractivity contribution in [1.29, 1.82) is 0 Å². The van der Waals surface area contributed by atoms with Gasteiger partial charge in [-0.25, -0.2) is 4.98 Å². The minimum atomic E-state index is -0.688. The van der Waals surface area contributed by atoms with Crippen molar-refractivity contribution in [3.8, 4) is 33.4 Å². The quantitative estimate of drug-likeness (QED) is 0.167. The maximum Gasteiger partial charge on any atom is 0.122 e. The van der Waals surface area contributed by atoms with Gasteiger partial charge in [0, 0.05) is 18.6 Å². The summed E-state index contributed by atoms with van der Waals surface area (Å²) in [4.78, 5) is 10.1. The van der Waals surface area contributed by atoms with Crippen LogP contribution in [0.15, 0.2) is 231 Å². The lowest BCUT2D eigenvalue weighted by atomic mass is 9.64. The summed E-state index contributed by atoms with van der Waals surface area (Å²) in [5.74, 6) is 0. The molecule has 13 rings (SSSR count). The summed E-state index contributed by atoms with van der Waals surface area (Å²) >= 11 is 0. The lowest BCUT2D eigenvalue weighted by Crippen LogP contribution is -2.36. The van der Waals surface area contributed by atoms with E-state index in [-0.39, 0.29) is 5.41 Å². The highest BCUT2D eigenvalue weighted by Crippen LogP contribution is 2.61. The molecule has 0 spiro atoms. The van der Waals surface area contributed by atoms with Gasteiger partial charge in [-0.05, 0) is 112 Å². The van der Waals surface area contributed by atoms with E-state index in [1.807, 2.05) is 18.7 Å². The molecule has 0 fully saturated rings. The van der Waals surface area contributed by atoms with Crippen LogP contribution in [0.25, 0.3) is 33.4 Å². The number of hydrogen-bond donors (Lipinski definition) is 0. The zero-order valence-electron chi connectivity index (χ0n) is 37.3. The fourth-order valence-corrected chi connectivity index (χ4v) is 12.5. The molecule has 3 nitrogen and oxygen atoms in total. The molecule has 3 aliphatic rings. The van der Waals surface area contributed by atoms with Crippen LogP contribution in [0.5, 0.6) is 0 Å². The Hall–Kier alpha value is -7.88. The lowest BCUT2D eigenvalue weighted by Gasteiger charge is -2.39. The fraction of sp³-hybridized carbons (Fsp3) is 0.111. The third-order valence-corrected chi connectivity index (χ3v) is 15.2. The Kier molecular flexibility index (Phi) is 8.22. The van der Waals surface area contributed by atoms with Crippen molar-refractivity contribution >= 4 is 0 Å². The molecule has 3 aliphatic carbocycles. The van der Waals surface area contributed by atoms with E-state index in [2.05, 4.69) is 238 Å². The van der Waals surface area contributed by atoms with Gasteiger partial charge < -0.3 is 4.57 Å². The first kappa shape index (κ1) is 38.6. The number of pyridine rings is 1. The number of benzene rings is 8. The molecule has 66 heavy (non-hydrogen) atoms. The third kappa shape index (κ3) is 4.98. The number of nitrogens with zero attached hydrogens (tertiary/aromatic N) is 3. The van der Waals surface area contributed by atoms with Gasteiger partial charge in [0.25, 0.3) is 0 Å². The molecular formula is C63H47N3. The molecule has 3 heteroatoms. The maximum atomic E-state index is 5.37. The number of aromatic nitrogens is 3. The molecule has 10 aromatic rings. The fourth-order valence-electron chi connectivity index (χ4n) is 12.5. The Labute approximate surface area is 386 Å². The summed E-state index contributed by atoms with van der Waals surface area (Å²) in [6, 6.07) is 77.6. The summed E-state index contributed by atoms with van der Waals surface area (Å²) in [5.41, 5.74) is 20.1. The van der Waals surface area contributed by atoms with Gasteiger partial charge in [-0.3, -0.25) is 4.98 Å². The molecule has 0 unspecified atom stereocenters. The van der Waals surface area contributed by atoms with Gasteiger partial charge in [-0.2, -0.15) is 0 Å². The molecule has 2 heterocycles. The van der Waals surface area contributed by atoms with Gasteiger partial charge in [-0.1, -0.05) is 215 Å². The number of imidazole rings is 1. The third-order valence-electron chi connectivity index (χ3n) is 15.2. The average molecular weight is 846 g/mol. The standard InChI is InChI=1S/C63H47N3/c1-60(2,3)42-34-35-65-59(40-42)62(55-30-12-6-24-49(55)50-25-7-13-31-56(50)62)45-20-16-18-43(38-45)61(53-28-10-4-22-47(53)48-23-5-11-29-54(48)61)44-19-17-21-46(39-44)63(66-37-36-64-41-66)57-32-14-8-26-51(57)52-27-9-15-33-58(52)63/h4-41H,1-3H3. The van der Waals surface area contributed by atoms with Crippen molar-refractivity contribution < 1.29 is 0 Å². The van der Waals surface area contributed by atoms with Crippen molar-refractivity contribution in [3.05, 3.63) is 298 Å². The van der Waals surface area contributed by atoms with E-state index in [1.165, 1.54) is 94.6 Å². The Morgan fingerprint density at radius 1 is 0.379 bits per heavy atom. The molecule has 0 N–H and O–H groups in total. The Morgan fingerprint density at radius 3 is 1.23 bits per heavy atom. The molecular weight excluding hydrogens is 799 g/mol. The van der Waals surface area contributed by atoms with Gasteiger partial charge in [0.2, 0.25) is 0 Å². The van der Waals surface area contributed by atoms with E-state index in [9.17, 15) is 0 Å². The first-order chi connectivity index (χ1) is 32.4. The zero-order chi connectivity index (χ0) is 44.3. The summed E-state index contributed by atoms with van der Waals surface area (Å²) in [5, 5.41) is 0. The first-order valence-electron chi connectivity index (χ1n) is 23.1. The highest BCUT2D eigenvalue weighted by atomic mass is 15.1. The van der Waals surface area contributed by atoms with E-state index in [0.29, 0.717) is 0 Å². The molecule has 0 bridgehead atoms. The van der Waals surface area contributed by atoms with Crippen molar-refractivity contribution in [2.45, 2.75) is 42.6 Å². The molecule has 0 amide bonds. The van der Waals surface area contributed by atoms with E-state index in [0.717, 1.165) is 5.69 Å². The van der Waals surface area contributed by atoms with Crippen LogP contribution in [0.3, 0.4) is 0 Å². The molecule has 314 valence electrons. The second-order valence-electron chi connectivity index (χ2n) is 19.3. The predicted molar refractivity (Wildman–Crippen MR) is 267 cm³/mol. The monoisotopic (exact) mass is 845 g/mol. The minimum Gasteiger partial charge on any atom is -0.319 e. The van der Waals surface area contributed by atoms with E-state index in [1.54, 1.807) is 0 Å². The van der Waals surface area contributed by atoms with Gasteiger partial charge in [0.15, 0.2) is 0 Å². The van der Waals surface area contributed by atoms with Crippen molar-refractivity contribution in [1.82, 2.24) is 14.5 Å². The Bertz CT molecular complexity index is 3410. The van der Waals surface area contributed by atoms with Crippen LogP contribution in [0.4, 0.5) is 0 Å². The van der Waals surface area contributed by atoms with Crippen LogP contribution in [0.2, 0.25) is 0 Å². The van der Waals surface area contributed by atoms with Crippen LogP contribution in [0.1, 0.15) is 87.7 Å². The van der Waals surface area contributed by atoms with E-state index in [4.69, 9.17) is 9.97 Å². The lowest BCUT2D eigenvalue weighted by molar-refractivity contribution is 0.526. The second-order valence-corrected chi connectivity index (χ2v) is 19.3. The summed E-state index contributed by atoms with van der Waals surface area (Å²) in [6.07, 6.45) is 8.05. The largest absolute Gasteiger partial charge is 0.319 e. The number of fused-ring (bicyclic) bond motifs is 9. The summed E-state index contributed by atoms with van der Waals surface area (Å²) in [6.45, 7) is 6.88. The normalized spacial score (nSPS) is 15.3. The smallest absolute Gasteiger partial charge is 0.122 e. The van der Waals surface area contributed by atoms with Crippen molar-refractivity contribution in [3.63, 3.8) is 0 Å². The Morgan fingerprint density at radius 2 is 0.773 bits per heavy atom. The van der Waals surface area contributed by atoms with Crippen molar-refractivity contribution in [2.24, 2.45) is 0 Å². The SMILES string of the molecule is CC(C)(C)c1ccnc(C2(c3cccc(C4(c5cccc(C6(n7ccnc7)c7ccccc7-c7ccccc76)c5)c5ccccc5-c5ccccc54)c3)c3ccccc3-c3ccccc32)c1. The first-order valence-corrected chi connectivity index (χ1v) is 23.1. The minimum absolute atomic E-state index is 0.0703. The molecule has 0 radical (unpaired) electrons. The summed E-state index contributed by atoms with van der Waals surface area (Å²) in [7, 11) is 0. The zero-order valence-corrected chi connectivity index (χ0v) is 37.3. The second kappa shape index (κ2) is 14.1. The molecule has 0 saturated heterocycles. The number of rotatable bonds is 6. The Balaban J connectivity index is 1.13. The highest BCUT2D eigenvalue weighted by molar-refractivity contribution is 5.89. The average Bonchev–Trinajstić information content (AvgIpc) is 4.15.